The SMILES string of the molecule is N=C(N)c1ccc(NC(=O)[C@H](O)[C@H]2OCCN(c3cccc4c3NC(=O)CC4)C2=O)cc1. The number of morpholine rings is 1. The van der Waals surface area contributed by atoms with Gasteiger partial charge in [-0.2, -0.15) is 0 Å². The molecule has 10 heteroatoms. The van der Waals surface area contributed by atoms with E-state index < -0.39 is 24.0 Å². The molecule has 2 aromatic rings. The summed E-state index contributed by atoms with van der Waals surface area (Å²) in [5.41, 5.74) is 8.28. The number of nitrogens with zero attached hydrogens (tertiary/aromatic N) is 1. The number of amides is 3. The number of carbonyl (C=O) groups is 3. The van der Waals surface area contributed by atoms with E-state index in [1.807, 2.05) is 6.07 Å². The van der Waals surface area contributed by atoms with Gasteiger partial charge in [0, 0.05) is 24.2 Å². The standard InChI is InChI=1S/C22H23N5O5/c23-20(24)13-4-7-14(8-5-13)25-21(30)18(29)19-22(31)27(10-11-32-19)15-3-1-2-12-6-9-16(28)26-17(12)15/h1-5,7-8,18-19,29H,6,9-11H2,(H3,23,24)(H,25,30)(H,26,28)/t18-,19-/m1/s1. The highest BCUT2D eigenvalue weighted by molar-refractivity contribution is 6.07. The maximum atomic E-state index is 13.1. The van der Waals surface area contributed by atoms with Gasteiger partial charge in [0.25, 0.3) is 11.8 Å². The van der Waals surface area contributed by atoms with E-state index in [0.29, 0.717) is 35.5 Å². The Morgan fingerprint density at radius 2 is 1.97 bits per heavy atom. The molecular weight excluding hydrogens is 414 g/mol. The predicted molar refractivity (Wildman–Crippen MR) is 118 cm³/mol. The lowest BCUT2D eigenvalue weighted by atomic mass is 10.0. The third-order valence-electron chi connectivity index (χ3n) is 5.45. The van der Waals surface area contributed by atoms with E-state index in [-0.39, 0.29) is 24.9 Å². The fourth-order valence-corrected chi connectivity index (χ4v) is 3.77. The lowest BCUT2D eigenvalue weighted by Crippen LogP contribution is -2.55. The number of benzene rings is 2. The molecule has 32 heavy (non-hydrogen) atoms. The monoisotopic (exact) mass is 437 g/mol. The minimum absolute atomic E-state index is 0.108. The van der Waals surface area contributed by atoms with Crippen LogP contribution in [0.4, 0.5) is 17.1 Å². The molecule has 0 aliphatic carbocycles. The molecule has 4 rings (SSSR count). The molecule has 1 fully saturated rings. The third kappa shape index (κ3) is 4.18. The lowest BCUT2D eigenvalue weighted by Gasteiger charge is -2.35. The van der Waals surface area contributed by atoms with Crippen LogP contribution in [0.15, 0.2) is 42.5 Å². The van der Waals surface area contributed by atoms with Gasteiger partial charge in [-0.1, -0.05) is 12.1 Å². The molecule has 2 aliphatic rings. The number of fused-ring (bicyclic) bond motifs is 1. The molecule has 1 saturated heterocycles. The Balaban J connectivity index is 1.50. The molecule has 6 N–H and O–H groups in total. The average Bonchev–Trinajstić information content (AvgIpc) is 2.79. The summed E-state index contributed by atoms with van der Waals surface area (Å²) in [5, 5.41) is 23.3. The van der Waals surface area contributed by atoms with Crippen molar-refractivity contribution < 1.29 is 24.2 Å². The highest BCUT2D eigenvalue weighted by Gasteiger charge is 2.40. The first-order chi connectivity index (χ1) is 15.3. The van der Waals surface area contributed by atoms with Crippen LogP contribution >= 0.6 is 0 Å². The number of aliphatic hydroxyl groups is 1. The van der Waals surface area contributed by atoms with Crippen molar-refractivity contribution in [3.05, 3.63) is 53.6 Å². The van der Waals surface area contributed by atoms with Gasteiger partial charge in [0.1, 0.15) is 5.84 Å². The quantitative estimate of drug-likeness (QED) is 0.340. The average molecular weight is 437 g/mol. The van der Waals surface area contributed by atoms with E-state index in [2.05, 4.69) is 10.6 Å². The molecule has 0 unspecified atom stereocenters. The Morgan fingerprint density at radius 3 is 2.69 bits per heavy atom. The summed E-state index contributed by atoms with van der Waals surface area (Å²) in [5.74, 6) is -1.61. The second kappa shape index (κ2) is 8.77. The van der Waals surface area contributed by atoms with Gasteiger partial charge in [-0.3, -0.25) is 19.8 Å². The van der Waals surface area contributed by atoms with Crippen molar-refractivity contribution in [2.75, 3.05) is 28.7 Å². The van der Waals surface area contributed by atoms with Crippen LogP contribution in [0, 0.1) is 5.41 Å². The number of anilines is 3. The molecule has 2 aromatic carbocycles. The van der Waals surface area contributed by atoms with Crippen molar-refractivity contribution >= 4 is 40.6 Å². The smallest absolute Gasteiger partial charge is 0.259 e. The number of carbonyl (C=O) groups excluding carboxylic acids is 3. The number of nitrogen functional groups attached to an aromatic ring is 1. The van der Waals surface area contributed by atoms with Crippen LogP contribution in [0.2, 0.25) is 0 Å². The number of para-hydroxylation sites is 1. The zero-order valence-electron chi connectivity index (χ0n) is 17.1. The molecule has 10 nitrogen and oxygen atoms in total. The second-order valence-corrected chi connectivity index (χ2v) is 7.57. The van der Waals surface area contributed by atoms with Crippen LogP contribution in [-0.2, 0) is 25.5 Å². The summed E-state index contributed by atoms with van der Waals surface area (Å²) in [6.07, 6.45) is -2.19. The van der Waals surface area contributed by atoms with Gasteiger partial charge in [0.2, 0.25) is 5.91 Å². The topological polar surface area (TPSA) is 158 Å². The van der Waals surface area contributed by atoms with Crippen LogP contribution in [-0.4, -0.2) is 54.0 Å². The predicted octanol–water partition coefficient (Wildman–Crippen LogP) is 0.587. The number of nitrogens with two attached hydrogens (primary N) is 1. The Morgan fingerprint density at radius 1 is 1.22 bits per heavy atom. The zero-order valence-corrected chi connectivity index (χ0v) is 17.1. The van der Waals surface area contributed by atoms with Crippen molar-refractivity contribution in [2.24, 2.45) is 5.73 Å². The minimum atomic E-state index is -1.74. The molecule has 0 spiro atoms. The van der Waals surface area contributed by atoms with Crippen molar-refractivity contribution in [2.45, 2.75) is 25.0 Å². The number of amidine groups is 1. The van der Waals surface area contributed by atoms with E-state index in [1.165, 1.54) is 17.0 Å². The Bertz CT molecular complexity index is 1080. The highest BCUT2D eigenvalue weighted by Crippen LogP contribution is 2.34. The minimum Gasteiger partial charge on any atom is -0.384 e. The van der Waals surface area contributed by atoms with Crippen LogP contribution in [0.25, 0.3) is 0 Å². The molecule has 2 aliphatic heterocycles. The summed E-state index contributed by atoms with van der Waals surface area (Å²) in [6.45, 7) is 0.341. The molecule has 3 amide bonds. The molecule has 0 radical (unpaired) electrons. The molecule has 0 saturated carbocycles. The second-order valence-electron chi connectivity index (χ2n) is 7.57. The van der Waals surface area contributed by atoms with E-state index in [4.69, 9.17) is 15.9 Å². The summed E-state index contributed by atoms with van der Waals surface area (Å²) < 4.78 is 5.44. The largest absolute Gasteiger partial charge is 0.384 e. The number of ether oxygens (including phenoxy) is 1. The van der Waals surface area contributed by atoms with Gasteiger partial charge in [0.05, 0.1) is 18.0 Å². The number of aryl methyl sites for hydroxylation is 1. The van der Waals surface area contributed by atoms with Crippen molar-refractivity contribution in [1.82, 2.24) is 0 Å². The van der Waals surface area contributed by atoms with Gasteiger partial charge in [-0.15, -0.1) is 0 Å². The normalized spacial score (nSPS) is 19.0. The van der Waals surface area contributed by atoms with E-state index in [0.717, 1.165) is 5.56 Å². The maximum absolute atomic E-state index is 13.1. The Kier molecular flexibility index (Phi) is 5.89. The number of rotatable bonds is 5. The first kappa shape index (κ1) is 21.5. The Hall–Kier alpha value is -3.76. The molecule has 0 bridgehead atoms. The molecule has 2 heterocycles. The maximum Gasteiger partial charge on any atom is 0.259 e. The third-order valence-corrected chi connectivity index (χ3v) is 5.45. The molecular formula is C22H23N5O5. The number of hydrogen-bond acceptors (Lipinski definition) is 6. The molecule has 166 valence electrons. The first-order valence-electron chi connectivity index (χ1n) is 10.1. The lowest BCUT2D eigenvalue weighted by molar-refractivity contribution is -0.150. The highest BCUT2D eigenvalue weighted by atomic mass is 16.5. The summed E-state index contributed by atoms with van der Waals surface area (Å²) >= 11 is 0. The van der Waals surface area contributed by atoms with Gasteiger partial charge in [0.15, 0.2) is 12.2 Å². The molecule has 2 atom stereocenters. The van der Waals surface area contributed by atoms with Crippen LogP contribution < -0.4 is 21.3 Å². The molecule has 0 aromatic heterocycles. The fourth-order valence-electron chi connectivity index (χ4n) is 3.77. The number of hydrogen-bond donors (Lipinski definition) is 5. The summed E-state index contributed by atoms with van der Waals surface area (Å²) in [7, 11) is 0. The zero-order chi connectivity index (χ0) is 22.8. The van der Waals surface area contributed by atoms with Crippen molar-refractivity contribution in [3.63, 3.8) is 0 Å². The van der Waals surface area contributed by atoms with Gasteiger partial charge in [-0.05, 0) is 42.3 Å². The first-order valence-corrected chi connectivity index (χ1v) is 10.1. The van der Waals surface area contributed by atoms with Gasteiger partial charge < -0.3 is 31.1 Å². The Labute approximate surface area is 183 Å². The van der Waals surface area contributed by atoms with E-state index >= 15 is 0 Å². The van der Waals surface area contributed by atoms with Crippen LogP contribution in [0.5, 0.6) is 0 Å². The van der Waals surface area contributed by atoms with E-state index in [9.17, 15) is 19.5 Å². The van der Waals surface area contributed by atoms with Crippen LogP contribution in [0.3, 0.4) is 0 Å². The number of aliphatic hydroxyl groups excluding tert-OH is 1. The van der Waals surface area contributed by atoms with Crippen molar-refractivity contribution in [3.8, 4) is 0 Å². The fraction of sp³-hybridized carbons (Fsp3) is 0.273. The van der Waals surface area contributed by atoms with Gasteiger partial charge >= 0.3 is 0 Å². The van der Waals surface area contributed by atoms with Gasteiger partial charge in [-0.25, -0.2) is 0 Å². The summed E-state index contributed by atoms with van der Waals surface area (Å²) in [6, 6.07) is 11.6. The summed E-state index contributed by atoms with van der Waals surface area (Å²) in [4.78, 5) is 39.0. The van der Waals surface area contributed by atoms with E-state index in [1.54, 1.807) is 24.3 Å². The van der Waals surface area contributed by atoms with Crippen molar-refractivity contribution in [1.29, 1.82) is 5.41 Å². The number of nitrogens with one attached hydrogen (secondary N) is 3. The van der Waals surface area contributed by atoms with Crippen LogP contribution in [0.1, 0.15) is 17.5 Å².